The number of carbonyl (C=O) groups excluding carboxylic acids is 2. The summed E-state index contributed by atoms with van der Waals surface area (Å²) < 4.78 is 0. The van der Waals surface area contributed by atoms with Crippen molar-refractivity contribution in [3.63, 3.8) is 0 Å². The van der Waals surface area contributed by atoms with Gasteiger partial charge in [-0.1, -0.05) is 111 Å². The van der Waals surface area contributed by atoms with Gasteiger partial charge in [0.15, 0.2) is 0 Å². The maximum absolute atomic E-state index is 11.9. The normalized spacial score (nSPS) is 13.7. The molecule has 0 aliphatic heterocycles. The summed E-state index contributed by atoms with van der Waals surface area (Å²) in [6.45, 7) is 8.69. The van der Waals surface area contributed by atoms with Gasteiger partial charge in [0, 0.05) is 12.3 Å². The monoisotopic (exact) mass is 462 g/mol. The Bertz CT molecular complexity index is 435. The largest absolute Gasteiger partial charge is 0.281 e. The number of halogens is 2. The van der Waals surface area contributed by atoms with Crippen LogP contribution in [0.3, 0.4) is 0 Å². The van der Waals surface area contributed by atoms with Crippen molar-refractivity contribution in [1.29, 1.82) is 0 Å². The Balaban J connectivity index is 3.56. The SMILES string of the molecule is CC(C)C(CCCCCCCCCCCCCCCCC(=O)Cl)C(C(=O)Cl)C(C)C. The zero-order valence-electron chi connectivity index (χ0n) is 20.2. The molecule has 0 aromatic rings. The molecule has 0 radical (unpaired) electrons. The van der Waals surface area contributed by atoms with Gasteiger partial charge in [-0.3, -0.25) is 9.59 Å². The molecule has 2 nitrogen and oxygen atoms in total. The van der Waals surface area contributed by atoms with Gasteiger partial charge in [-0.25, -0.2) is 0 Å². The van der Waals surface area contributed by atoms with Crippen molar-refractivity contribution in [2.24, 2.45) is 23.7 Å². The van der Waals surface area contributed by atoms with E-state index in [2.05, 4.69) is 27.7 Å². The van der Waals surface area contributed by atoms with E-state index in [0.717, 1.165) is 19.3 Å². The van der Waals surface area contributed by atoms with Crippen LogP contribution in [0.5, 0.6) is 0 Å². The zero-order chi connectivity index (χ0) is 22.8. The summed E-state index contributed by atoms with van der Waals surface area (Å²) in [5.41, 5.74) is 0. The average molecular weight is 464 g/mol. The number of hydrogen-bond acceptors (Lipinski definition) is 2. The van der Waals surface area contributed by atoms with Gasteiger partial charge in [0.1, 0.15) is 0 Å². The Hall–Kier alpha value is -0.0800. The second-order valence-electron chi connectivity index (χ2n) is 9.83. The molecule has 0 aromatic heterocycles. The molecule has 178 valence electrons. The maximum Gasteiger partial charge on any atom is 0.225 e. The standard InChI is InChI=1S/C26H48Cl2O2/c1-21(2)23(25(22(3)4)26(28)30)19-17-15-13-11-9-7-5-6-8-10-12-14-16-18-20-24(27)29/h21-23,25H,5-20H2,1-4H3. The van der Waals surface area contributed by atoms with Crippen molar-refractivity contribution in [2.75, 3.05) is 0 Å². The first-order valence-electron chi connectivity index (χ1n) is 12.6. The fourth-order valence-corrected chi connectivity index (χ4v) is 5.17. The summed E-state index contributed by atoms with van der Waals surface area (Å²) in [6.07, 6.45) is 19.5. The van der Waals surface area contributed by atoms with Gasteiger partial charge in [-0.2, -0.15) is 0 Å². The van der Waals surface area contributed by atoms with Gasteiger partial charge in [-0.15, -0.1) is 0 Å². The predicted molar refractivity (Wildman–Crippen MR) is 132 cm³/mol. The summed E-state index contributed by atoms with van der Waals surface area (Å²) in [5, 5.41) is -0.344. The molecule has 0 rings (SSSR count). The third-order valence-electron chi connectivity index (χ3n) is 6.46. The second kappa shape index (κ2) is 19.6. The van der Waals surface area contributed by atoms with E-state index in [1.807, 2.05) is 0 Å². The molecule has 0 spiro atoms. The fraction of sp³-hybridized carbons (Fsp3) is 0.923. The molecule has 0 N–H and O–H groups in total. The molecule has 0 saturated heterocycles. The van der Waals surface area contributed by atoms with Crippen LogP contribution in [0.25, 0.3) is 0 Å². The first-order chi connectivity index (χ1) is 14.3. The molecule has 4 heteroatoms. The van der Waals surface area contributed by atoms with E-state index in [0.29, 0.717) is 24.2 Å². The highest BCUT2D eigenvalue weighted by atomic mass is 35.5. The quantitative estimate of drug-likeness (QED) is 0.125. The molecule has 0 saturated carbocycles. The van der Waals surface area contributed by atoms with Crippen molar-refractivity contribution >= 4 is 33.7 Å². The van der Waals surface area contributed by atoms with E-state index in [9.17, 15) is 9.59 Å². The molecule has 0 heterocycles. The minimum atomic E-state index is -0.197. The van der Waals surface area contributed by atoms with Crippen LogP contribution < -0.4 is 0 Å². The van der Waals surface area contributed by atoms with E-state index in [1.165, 1.54) is 77.0 Å². The lowest BCUT2D eigenvalue weighted by atomic mass is 9.75. The minimum Gasteiger partial charge on any atom is -0.281 e. The second-order valence-corrected chi connectivity index (χ2v) is 10.6. The van der Waals surface area contributed by atoms with E-state index in [-0.39, 0.29) is 16.4 Å². The van der Waals surface area contributed by atoms with Crippen LogP contribution in [0.2, 0.25) is 0 Å². The molecular weight excluding hydrogens is 415 g/mol. The number of hydrogen-bond donors (Lipinski definition) is 0. The highest BCUT2D eigenvalue weighted by molar-refractivity contribution is 6.64. The van der Waals surface area contributed by atoms with Gasteiger partial charge >= 0.3 is 0 Å². The van der Waals surface area contributed by atoms with Crippen LogP contribution in [0.1, 0.15) is 130 Å². The van der Waals surface area contributed by atoms with E-state index in [4.69, 9.17) is 23.2 Å². The summed E-state index contributed by atoms with van der Waals surface area (Å²) >= 11 is 11.2. The Morgan fingerprint density at radius 2 is 0.933 bits per heavy atom. The smallest absolute Gasteiger partial charge is 0.225 e. The molecule has 2 unspecified atom stereocenters. The number of carbonyl (C=O) groups is 2. The van der Waals surface area contributed by atoms with Gasteiger partial charge in [0.25, 0.3) is 0 Å². The van der Waals surface area contributed by atoms with Crippen molar-refractivity contribution in [3.05, 3.63) is 0 Å². The Labute approximate surface area is 197 Å². The van der Waals surface area contributed by atoms with Gasteiger partial charge < -0.3 is 0 Å². The van der Waals surface area contributed by atoms with Crippen LogP contribution >= 0.6 is 23.2 Å². The number of rotatable bonds is 21. The summed E-state index contributed by atoms with van der Waals surface area (Å²) in [4.78, 5) is 22.5. The van der Waals surface area contributed by atoms with E-state index >= 15 is 0 Å². The highest BCUT2D eigenvalue weighted by Crippen LogP contribution is 2.33. The molecule has 0 bridgehead atoms. The average Bonchev–Trinajstić information content (AvgIpc) is 2.65. The number of unbranched alkanes of at least 4 members (excludes halogenated alkanes) is 13. The van der Waals surface area contributed by atoms with Crippen LogP contribution in [0.15, 0.2) is 0 Å². The Kier molecular flexibility index (Phi) is 19.5. The van der Waals surface area contributed by atoms with Gasteiger partial charge in [0.2, 0.25) is 10.5 Å². The molecular formula is C26H48Cl2O2. The lowest BCUT2D eigenvalue weighted by Gasteiger charge is -2.30. The van der Waals surface area contributed by atoms with E-state index < -0.39 is 0 Å². The molecule has 0 aliphatic carbocycles. The first kappa shape index (κ1) is 29.9. The summed E-state index contributed by atoms with van der Waals surface area (Å²) in [6, 6.07) is 0. The third-order valence-corrected chi connectivity index (χ3v) is 6.90. The molecule has 0 fully saturated rings. The minimum absolute atomic E-state index is 0.00140. The third kappa shape index (κ3) is 16.6. The highest BCUT2D eigenvalue weighted by Gasteiger charge is 2.31. The Morgan fingerprint density at radius 3 is 1.23 bits per heavy atom. The molecule has 2 atom stereocenters. The first-order valence-corrected chi connectivity index (χ1v) is 13.4. The lowest BCUT2D eigenvalue weighted by Crippen LogP contribution is -2.29. The summed E-state index contributed by atoms with van der Waals surface area (Å²) in [7, 11) is 0. The topological polar surface area (TPSA) is 34.1 Å². The van der Waals surface area contributed by atoms with Crippen molar-refractivity contribution < 1.29 is 9.59 Å². The predicted octanol–water partition coefficient (Wildman–Crippen LogP) is 9.30. The van der Waals surface area contributed by atoms with Crippen LogP contribution in [-0.2, 0) is 9.59 Å². The zero-order valence-corrected chi connectivity index (χ0v) is 21.7. The van der Waals surface area contributed by atoms with Crippen LogP contribution in [0, 0.1) is 23.7 Å². The molecule has 0 aromatic carbocycles. The molecule has 0 amide bonds. The molecule has 0 aliphatic rings. The lowest BCUT2D eigenvalue weighted by molar-refractivity contribution is -0.119. The maximum atomic E-state index is 11.9. The van der Waals surface area contributed by atoms with E-state index in [1.54, 1.807) is 0 Å². The van der Waals surface area contributed by atoms with Gasteiger partial charge in [0.05, 0.1) is 0 Å². The van der Waals surface area contributed by atoms with Crippen LogP contribution in [-0.4, -0.2) is 10.5 Å². The van der Waals surface area contributed by atoms with Crippen molar-refractivity contribution in [3.8, 4) is 0 Å². The fourth-order valence-electron chi connectivity index (χ4n) is 4.62. The van der Waals surface area contributed by atoms with Crippen LogP contribution in [0.4, 0.5) is 0 Å². The summed E-state index contributed by atoms with van der Waals surface area (Å²) in [5.74, 6) is 1.25. The van der Waals surface area contributed by atoms with Crippen molar-refractivity contribution in [1.82, 2.24) is 0 Å². The van der Waals surface area contributed by atoms with Gasteiger partial charge in [-0.05, 0) is 53.8 Å². The van der Waals surface area contributed by atoms with Crippen molar-refractivity contribution in [2.45, 2.75) is 130 Å². The molecule has 30 heavy (non-hydrogen) atoms. The Morgan fingerprint density at radius 1 is 0.567 bits per heavy atom.